The van der Waals surface area contributed by atoms with Gasteiger partial charge < -0.3 is 10.2 Å². The number of carbonyl (C=O) groups excluding carboxylic acids is 1. The van der Waals surface area contributed by atoms with Gasteiger partial charge in [-0.05, 0) is 69.1 Å². The number of hydrogen-bond donors (Lipinski definition) is 1. The average molecular weight is 318 g/mol. The SMILES string of the molecule is C/C(=C\C(=O)NCCCN1CCCCCC1)c1ccc(F)cc1. The van der Waals surface area contributed by atoms with Crippen molar-refractivity contribution >= 4 is 11.5 Å². The summed E-state index contributed by atoms with van der Waals surface area (Å²) in [7, 11) is 0. The largest absolute Gasteiger partial charge is 0.352 e. The average Bonchev–Trinajstić information content (AvgIpc) is 2.81. The van der Waals surface area contributed by atoms with Crippen molar-refractivity contribution in [2.45, 2.75) is 39.0 Å². The van der Waals surface area contributed by atoms with Crippen molar-refractivity contribution in [2.24, 2.45) is 0 Å². The third-order valence-corrected chi connectivity index (χ3v) is 4.30. The molecule has 1 saturated heterocycles. The van der Waals surface area contributed by atoms with Gasteiger partial charge in [0.2, 0.25) is 5.91 Å². The Labute approximate surface area is 138 Å². The molecule has 1 aromatic carbocycles. The quantitative estimate of drug-likeness (QED) is 0.642. The first-order valence-corrected chi connectivity index (χ1v) is 8.59. The molecule has 1 heterocycles. The zero-order chi connectivity index (χ0) is 16.5. The molecule has 0 aromatic heterocycles. The van der Waals surface area contributed by atoms with E-state index in [2.05, 4.69) is 10.2 Å². The van der Waals surface area contributed by atoms with Gasteiger partial charge >= 0.3 is 0 Å². The molecule has 0 radical (unpaired) electrons. The standard InChI is InChI=1S/C19H27FN2O/c1-16(17-7-9-18(20)10-8-17)15-19(23)21-11-6-14-22-12-4-2-3-5-13-22/h7-10,15H,2-6,11-14H2,1H3,(H,21,23)/b16-15+. The van der Waals surface area contributed by atoms with Crippen LogP contribution in [-0.4, -0.2) is 37.0 Å². The molecule has 1 aromatic rings. The van der Waals surface area contributed by atoms with E-state index in [0.717, 1.165) is 24.1 Å². The highest BCUT2D eigenvalue weighted by molar-refractivity contribution is 5.94. The number of halogens is 1. The molecule has 1 aliphatic heterocycles. The van der Waals surface area contributed by atoms with E-state index in [1.54, 1.807) is 18.2 Å². The van der Waals surface area contributed by atoms with Crippen LogP contribution in [-0.2, 0) is 4.79 Å². The minimum Gasteiger partial charge on any atom is -0.352 e. The Balaban J connectivity index is 1.69. The van der Waals surface area contributed by atoms with E-state index in [4.69, 9.17) is 0 Å². The smallest absolute Gasteiger partial charge is 0.244 e. The van der Waals surface area contributed by atoms with Crippen LogP contribution in [0.15, 0.2) is 30.3 Å². The third kappa shape index (κ3) is 6.53. The summed E-state index contributed by atoms with van der Waals surface area (Å²) in [4.78, 5) is 14.4. The van der Waals surface area contributed by atoms with Crippen LogP contribution in [0.25, 0.3) is 5.57 Å². The molecule has 0 aliphatic carbocycles. The predicted octanol–water partition coefficient (Wildman–Crippen LogP) is 3.61. The number of carbonyl (C=O) groups is 1. The first-order valence-electron chi connectivity index (χ1n) is 8.59. The fraction of sp³-hybridized carbons (Fsp3) is 0.526. The van der Waals surface area contributed by atoms with E-state index in [-0.39, 0.29) is 11.7 Å². The van der Waals surface area contributed by atoms with Crippen molar-refractivity contribution in [1.29, 1.82) is 0 Å². The molecule has 23 heavy (non-hydrogen) atoms. The van der Waals surface area contributed by atoms with E-state index in [9.17, 15) is 9.18 Å². The first-order chi connectivity index (χ1) is 11.1. The monoisotopic (exact) mass is 318 g/mol. The minimum absolute atomic E-state index is 0.0808. The van der Waals surface area contributed by atoms with Gasteiger partial charge in [-0.1, -0.05) is 25.0 Å². The lowest BCUT2D eigenvalue weighted by atomic mass is 10.1. The highest BCUT2D eigenvalue weighted by atomic mass is 19.1. The Morgan fingerprint density at radius 3 is 2.48 bits per heavy atom. The summed E-state index contributed by atoms with van der Waals surface area (Å²) >= 11 is 0. The van der Waals surface area contributed by atoms with Gasteiger partial charge in [-0.2, -0.15) is 0 Å². The van der Waals surface area contributed by atoms with E-state index < -0.39 is 0 Å². The van der Waals surface area contributed by atoms with Crippen molar-refractivity contribution < 1.29 is 9.18 Å². The summed E-state index contributed by atoms with van der Waals surface area (Å²) in [5.41, 5.74) is 1.71. The highest BCUT2D eigenvalue weighted by Gasteiger charge is 2.08. The summed E-state index contributed by atoms with van der Waals surface area (Å²) in [5, 5.41) is 2.93. The number of amides is 1. The zero-order valence-electron chi connectivity index (χ0n) is 14.0. The molecule has 0 bridgehead atoms. The Morgan fingerprint density at radius 1 is 1.17 bits per heavy atom. The Kier molecular flexibility index (Phi) is 7.27. The van der Waals surface area contributed by atoms with Gasteiger partial charge in [-0.15, -0.1) is 0 Å². The molecule has 1 aliphatic rings. The van der Waals surface area contributed by atoms with Crippen molar-refractivity contribution in [3.8, 4) is 0 Å². The second-order valence-corrected chi connectivity index (χ2v) is 6.23. The van der Waals surface area contributed by atoms with Crippen molar-refractivity contribution in [2.75, 3.05) is 26.2 Å². The van der Waals surface area contributed by atoms with Gasteiger partial charge in [0.05, 0.1) is 0 Å². The van der Waals surface area contributed by atoms with Gasteiger partial charge in [0.25, 0.3) is 0 Å². The van der Waals surface area contributed by atoms with E-state index >= 15 is 0 Å². The number of allylic oxidation sites excluding steroid dienone is 1. The summed E-state index contributed by atoms with van der Waals surface area (Å²) in [6.07, 6.45) is 7.85. The van der Waals surface area contributed by atoms with Crippen LogP contribution in [0, 0.1) is 5.82 Å². The molecule has 0 saturated carbocycles. The minimum atomic E-state index is -0.264. The molecule has 2 rings (SSSR count). The summed E-state index contributed by atoms with van der Waals surface area (Å²) in [6, 6.07) is 6.19. The highest BCUT2D eigenvalue weighted by Crippen LogP contribution is 2.13. The molecule has 0 atom stereocenters. The zero-order valence-corrected chi connectivity index (χ0v) is 14.0. The molecule has 1 N–H and O–H groups in total. The topological polar surface area (TPSA) is 32.3 Å². The van der Waals surface area contributed by atoms with Crippen LogP contribution in [0.5, 0.6) is 0 Å². The molecule has 126 valence electrons. The lowest BCUT2D eigenvalue weighted by Gasteiger charge is -2.19. The molecule has 4 heteroatoms. The van der Waals surface area contributed by atoms with Gasteiger partial charge in [0.15, 0.2) is 0 Å². The van der Waals surface area contributed by atoms with Crippen LogP contribution in [0.2, 0.25) is 0 Å². The molecule has 1 amide bonds. The normalized spacial score (nSPS) is 16.9. The van der Waals surface area contributed by atoms with Crippen LogP contribution >= 0.6 is 0 Å². The maximum Gasteiger partial charge on any atom is 0.244 e. The maximum atomic E-state index is 12.9. The molecular weight excluding hydrogens is 291 g/mol. The van der Waals surface area contributed by atoms with E-state index in [1.807, 2.05) is 6.92 Å². The van der Waals surface area contributed by atoms with E-state index in [1.165, 1.54) is 50.9 Å². The van der Waals surface area contributed by atoms with Gasteiger partial charge in [-0.25, -0.2) is 4.39 Å². The maximum absolute atomic E-state index is 12.9. The molecular formula is C19H27FN2O. The predicted molar refractivity (Wildman–Crippen MR) is 92.6 cm³/mol. The molecule has 3 nitrogen and oxygen atoms in total. The molecule has 1 fully saturated rings. The summed E-state index contributed by atoms with van der Waals surface area (Å²) in [6.45, 7) is 6.00. The number of nitrogens with zero attached hydrogens (tertiary/aromatic N) is 1. The second-order valence-electron chi connectivity index (χ2n) is 6.23. The number of nitrogens with one attached hydrogen (secondary N) is 1. The Bertz CT molecular complexity index is 517. The third-order valence-electron chi connectivity index (χ3n) is 4.30. The lowest BCUT2D eigenvalue weighted by Crippen LogP contribution is -2.30. The van der Waals surface area contributed by atoms with Gasteiger partial charge in [-0.3, -0.25) is 4.79 Å². The fourth-order valence-corrected chi connectivity index (χ4v) is 2.92. The van der Waals surface area contributed by atoms with Crippen LogP contribution in [0.1, 0.15) is 44.6 Å². The Hall–Kier alpha value is -1.68. The van der Waals surface area contributed by atoms with Crippen molar-refractivity contribution in [3.05, 3.63) is 41.7 Å². The van der Waals surface area contributed by atoms with Crippen LogP contribution < -0.4 is 5.32 Å². The fourth-order valence-electron chi connectivity index (χ4n) is 2.92. The molecule has 0 spiro atoms. The second kappa shape index (κ2) is 9.46. The summed E-state index contributed by atoms with van der Waals surface area (Å²) < 4.78 is 12.9. The Morgan fingerprint density at radius 2 is 1.83 bits per heavy atom. The van der Waals surface area contributed by atoms with Crippen LogP contribution in [0.4, 0.5) is 4.39 Å². The first kappa shape index (κ1) is 17.7. The van der Waals surface area contributed by atoms with E-state index in [0.29, 0.717) is 6.54 Å². The number of hydrogen-bond acceptors (Lipinski definition) is 2. The van der Waals surface area contributed by atoms with Gasteiger partial charge in [0.1, 0.15) is 5.82 Å². The molecule has 0 unspecified atom stereocenters. The van der Waals surface area contributed by atoms with Crippen molar-refractivity contribution in [3.63, 3.8) is 0 Å². The lowest BCUT2D eigenvalue weighted by molar-refractivity contribution is -0.116. The summed E-state index contributed by atoms with van der Waals surface area (Å²) in [5.74, 6) is -0.345. The number of likely N-dealkylation sites (tertiary alicyclic amines) is 1. The van der Waals surface area contributed by atoms with Crippen LogP contribution in [0.3, 0.4) is 0 Å². The van der Waals surface area contributed by atoms with Crippen molar-refractivity contribution in [1.82, 2.24) is 10.2 Å². The number of rotatable bonds is 6. The van der Waals surface area contributed by atoms with Gasteiger partial charge in [0, 0.05) is 12.6 Å². The number of benzene rings is 1.